The number of allylic oxidation sites excluding steroid dienone is 2. The van der Waals surface area contributed by atoms with Crippen LogP contribution >= 0.6 is 0 Å². The molecule has 0 bridgehead atoms. The first-order valence-corrected chi connectivity index (χ1v) is 8.23. The third-order valence-electron chi connectivity index (χ3n) is 4.08. The molecule has 0 saturated heterocycles. The van der Waals surface area contributed by atoms with Crippen molar-refractivity contribution in [3.8, 4) is 0 Å². The number of nitrogens with one attached hydrogen (secondary N) is 1. The van der Waals surface area contributed by atoms with Gasteiger partial charge in [0.05, 0.1) is 24.2 Å². The molecule has 0 spiro atoms. The van der Waals surface area contributed by atoms with Crippen LogP contribution in [0.1, 0.15) is 25.3 Å². The number of dihydropyridines is 1. The molecule has 1 aromatic carbocycles. The maximum atomic E-state index is 13.8. The molecule has 10 heteroatoms. The molecule has 9 nitrogen and oxygen atoms in total. The Balaban J connectivity index is 2.42. The van der Waals surface area contributed by atoms with Crippen molar-refractivity contribution in [1.82, 2.24) is 5.32 Å². The second-order valence-electron chi connectivity index (χ2n) is 5.87. The van der Waals surface area contributed by atoms with Crippen molar-refractivity contribution >= 4 is 11.9 Å². The van der Waals surface area contributed by atoms with Gasteiger partial charge < -0.3 is 19.6 Å². The number of esters is 2. The fraction of sp³-hybridized carbons (Fsp3) is 0.333. The van der Waals surface area contributed by atoms with E-state index in [-0.39, 0.29) is 17.8 Å². The van der Waals surface area contributed by atoms with Gasteiger partial charge in [-0.3, -0.25) is 0 Å². The van der Waals surface area contributed by atoms with Crippen LogP contribution in [0, 0.1) is 15.9 Å². The molecule has 1 N–H and O–H groups in total. The third-order valence-corrected chi connectivity index (χ3v) is 4.08. The van der Waals surface area contributed by atoms with Gasteiger partial charge in [-0.05, 0) is 31.5 Å². The minimum Gasteiger partial charge on any atom is -0.466 e. The van der Waals surface area contributed by atoms with E-state index in [1.54, 1.807) is 19.9 Å². The van der Waals surface area contributed by atoms with E-state index < -0.39 is 35.4 Å². The average Bonchev–Trinajstić information content (AvgIpc) is 2.63. The highest BCUT2D eigenvalue weighted by Crippen LogP contribution is 2.39. The quantitative estimate of drug-likeness (QED) is 0.323. The summed E-state index contributed by atoms with van der Waals surface area (Å²) < 4.78 is 23.7. The van der Waals surface area contributed by atoms with Gasteiger partial charge in [-0.1, -0.05) is 12.1 Å². The summed E-state index contributed by atoms with van der Waals surface area (Å²) in [4.78, 5) is 39.3. The van der Waals surface area contributed by atoms with Gasteiger partial charge in [0.1, 0.15) is 19.0 Å². The standard InChI is InChI=1S/C18H19FN2O7/c1-10-14(17(22)26-3)16(12-5-4-6-13(19)9-12)15(11(2)20-10)18(23)27-7-8-28-21(24)25/h4-6,9,16,20H,7-8H2,1-3H3. The first-order chi connectivity index (χ1) is 13.3. The summed E-state index contributed by atoms with van der Waals surface area (Å²) in [5.41, 5.74) is 1.41. The van der Waals surface area contributed by atoms with Crippen LogP contribution in [-0.4, -0.2) is 37.3 Å². The van der Waals surface area contributed by atoms with Crippen molar-refractivity contribution in [3.63, 3.8) is 0 Å². The van der Waals surface area contributed by atoms with Gasteiger partial charge in [-0.25, -0.2) is 14.0 Å². The molecule has 0 aromatic heterocycles. The van der Waals surface area contributed by atoms with Gasteiger partial charge >= 0.3 is 11.9 Å². The number of hydrogen-bond acceptors (Lipinski definition) is 8. The number of carbonyl (C=O) groups excluding carboxylic acids is 2. The Hall–Kier alpha value is -3.43. The van der Waals surface area contributed by atoms with Crippen LogP contribution in [0.25, 0.3) is 0 Å². The predicted molar refractivity (Wildman–Crippen MR) is 93.6 cm³/mol. The number of ether oxygens (including phenoxy) is 2. The minimum atomic E-state index is -1.00. The summed E-state index contributed by atoms with van der Waals surface area (Å²) in [7, 11) is 1.20. The van der Waals surface area contributed by atoms with E-state index >= 15 is 0 Å². The maximum Gasteiger partial charge on any atom is 0.336 e. The number of methoxy groups -OCH3 is 1. The third kappa shape index (κ3) is 4.64. The highest BCUT2D eigenvalue weighted by atomic mass is 19.1. The van der Waals surface area contributed by atoms with E-state index in [1.807, 2.05) is 0 Å². The van der Waals surface area contributed by atoms with E-state index in [4.69, 9.17) is 9.47 Å². The van der Waals surface area contributed by atoms with Gasteiger partial charge in [0, 0.05) is 11.4 Å². The second-order valence-corrected chi connectivity index (χ2v) is 5.87. The minimum absolute atomic E-state index is 0.0673. The van der Waals surface area contributed by atoms with Gasteiger partial charge in [-0.15, -0.1) is 10.1 Å². The molecule has 28 heavy (non-hydrogen) atoms. The Kier molecular flexibility index (Phi) is 6.69. The van der Waals surface area contributed by atoms with Crippen molar-refractivity contribution < 1.29 is 33.4 Å². The molecule has 1 aromatic rings. The summed E-state index contributed by atoms with van der Waals surface area (Å²) in [6.07, 6.45) is 0. The van der Waals surface area contributed by atoms with Crippen LogP contribution in [0.3, 0.4) is 0 Å². The zero-order valence-corrected chi connectivity index (χ0v) is 15.5. The van der Waals surface area contributed by atoms with Crippen LogP contribution in [0.2, 0.25) is 0 Å². The number of hydrogen-bond donors (Lipinski definition) is 1. The number of rotatable bonds is 7. The van der Waals surface area contributed by atoms with Crippen LogP contribution < -0.4 is 5.32 Å². The SMILES string of the molecule is COC(=O)C1=C(C)NC(C)=C(C(=O)OCCO[N+](=O)[O-])C1c1cccc(F)c1. The lowest BCUT2D eigenvalue weighted by molar-refractivity contribution is -0.757. The first-order valence-electron chi connectivity index (χ1n) is 8.23. The molecular weight excluding hydrogens is 375 g/mol. The van der Waals surface area contributed by atoms with Gasteiger partial charge in [0.15, 0.2) is 0 Å². The summed E-state index contributed by atoms with van der Waals surface area (Å²) in [6, 6.07) is 5.48. The van der Waals surface area contributed by atoms with E-state index in [9.17, 15) is 24.1 Å². The zero-order valence-electron chi connectivity index (χ0n) is 15.5. The molecule has 0 radical (unpaired) electrons. The van der Waals surface area contributed by atoms with Gasteiger partial charge in [0.2, 0.25) is 0 Å². The lowest BCUT2D eigenvalue weighted by Crippen LogP contribution is -2.32. The molecule has 0 saturated carbocycles. The molecule has 2 rings (SSSR count). The van der Waals surface area contributed by atoms with Crippen molar-refractivity contribution in [2.24, 2.45) is 0 Å². The van der Waals surface area contributed by atoms with E-state index in [1.165, 1.54) is 25.3 Å². The average molecular weight is 394 g/mol. The molecule has 1 aliphatic rings. The number of nitrogens with zero attached hydrogens (tertiary/aromatic N) is 1. The van der Waals surface area contributed by atoms with E-state index in [0.29, 0.717) is 17.0 Å². The maximum absolute atomic E-state index is 13.8. The van der Waals surface area contributed by atoms with Crippen LogP contribution in [0.5, 0.6) is 0 Å². The summed E-state index contributed by atoms with van der Waals surface area (Å²) >= 11 is 0. The lowest BCUT2D eigenvalue weighted by Gasteiger charge is -2.30. The first kappa shape index (κ1) is 20.9. The largest absolute Gasteiger partial charge is 0.466 e. The normalized spacial score (nSPS) is 16.4. The Morgan fingerprint density at radius 2 is 1.82 bits per heavy atom. The molecule has 0 aliphatic carbocycles. The van der Waals surface area contributed by atoms with E-state index in [0.717, 1.165) is 0 Å². The molecule has 1 aliphatic heterocycles. The second kappa shape index (κ2) is 8.98. The van der Waals surface area contributed by atoms with Crippen molar-refractivity contribution in [2.75, 3.05) is 20.3 Å². The molecular formula is C18H19FN2O7. The Morgan fingerprint density at radius 3 is 2.39 bits per heavy atom. The van der Waals surface area contributed by atoms with Crippen molar-refractivity contribution in [1.29, 1.82) is 0 Å². The summed E-state index contributed by atoms with van der Waals surface area (Å²) in [5.74, 6) is -2.98. The van der Waals surface area contributed by atoms with Crippen molar-refractivity contribution in [3.05, 3.63) is 68.3 Å². The highest BCUT2D eigenvalue weighted by Gasteiger charge is 2.37. The lowest BCUT2D eigenvalue weighted by atomic mass is 9.80. The number of carbonyl (C=O) groups is 2. The molecule has 1 heterocycles. The van der Waals surface area contributed by atoms with E-state index in [2.05, 4.69) is 10.2 Å². The number of benzene rings is 1. The van der Waals surface area contributed by atoms with Crippen LogP contribution in [0.4, 0.5) is 4.39 Å². The van der Waals surface area contributed by atoms with Crippen LogP contribution in [-0.2, 0) is 23.9 Å². The molecule has 0 fully saturated rings. The molecule has 1 atom stereocenters. The summed E-state index contributed by atoms with van der Waals surface area (Å²) in [5, 5.41) is 12.1. The fourth-order valence-electron chi connectivity index (χ4n) is 2.99. The molecule has 150 valence electrons. The predicted octanol–water partition coefficient (Wildman–Crippen LogP) is 1.98. The number of halogens is 1. The molecule has 0 amide bonds. The topological polar surface area (TPSA) is 117 Å². The Morgan fingerprint density at radius 1 is 1.18 bits per heavy atom. The monoisotopic (exact) mass is 394 g/mol. The smallest absolute Gasteiger partial charge is 0.336 e. The van der Waals surface area contributed by atoms with Crippen molar-refractivity contribution in [2.45, 2.75) is 19.8 Å². The highest BCUT2D eigenvalue weighted by molar-refractivity contribution is 5.99. The Bertz CT molecular complexity index is 863. The zero-order chi connectivity index (χ0) is 20.8. The van der Waals surface area contributed by atoms with Gasteiger partial charge in [0.25, 0.3) is 5.09 Å². The van der Waals surface area contributed by atoms with Gasteiger partial charge in [-0.2, -0.15) is 0 Å². The molecule has 1 unspecified atom stereocenters. The Labute approximate surface area is 159 Å². The van der Waals surface area contributed by atoms with Crippen LogP contribution in [0.15, 0.2) is 46.8 Å². The fourth-order valence-corrected chi connectivity index (χ4v) is 2.99. The summed E-state index contributed by atoms with van der Waals surface area (Å²) in [6.45, 7) is 2.42.